The summed E-state index contributed by atoms with van der Waals surface area (Å²) in [4.78, 5) is 14.3. The zero-order chi connectivity index (χ0) is 19.0. The van der Waals surface area contributed by atoms with Gasteiger partial charge in [0.25, 0.3) is 0 Å². The van der Waals surface area contributed by atoms with Crippen LogP contribution in [0.4, 0.5) is 4.79 Å². The monoisotopic (exact) mass is 370 g/mol. The number of ether oxygens (including phenoxy) is 3. The molecule has 7 nitrogen and oxygen atoms in total. The van der Waals surface area contributed by atoms with Gasteiger partial charge in [-0.1, -0.05) is 0 Å². The standard InChI is InChI=1S/C17H26N2O5S/c1-16(2,3)24-15(21)19-11(9-25-6)13-14(23-17(4,5)22-13)12(19)10(7-18)8-20/h8,11-14,20H,9H2,1-6H3. The number of carbonyl (C=O) groups excluding carboxylic acids is 1. The number of nitriles is 1. The number of rotatable bonds is 3. The number of fused-ring (bicyclic) bond motifs is 1. The van der Waals surface area contributed by atoms with E-state index in [1.807, 2.05) is 12.3 Å². The Morgan fingerprint density at radius 2 is 2.00 bits per heavy atom. The largest absolute Gasteiger partial charge is 0.514 e. The van der Waals surface area contributed by atoms with Crippen molar-refractivity contribution in [1.29, 1.82) is 5.26 Å². The Morgan fingerprint density at radius 3 is 2.48 bits per heavy atom. The van der Waals surface area contributed by atoms with E-state index in [2.05, 4.69) is 0 Å². The van der Waals surface area contributed by atoms with Crippen molar-refractivity contribution in [2.75, 3.05) is 12.0 Å². The van der Waals surface area contributed by atoms with Gasteiger partial charge in [0.15, 0.2) is 5.79 Å². The van der Waals surface area contributed by atoms with Gasteiger partial charge in [-0.15, -0.1) is 0 Å². The fraction of sp³-hybridized carbons (Fsp3) is 0.765. The van der Waals surface area contributed by atoms with Crippen molar-refractivity contribution < 1.29 is 24.1 Å². The van der Waals surface area contributed by atoms with Gasteiger partial charge in [0.1, 0.15) is 29.9 Å². The zero-order valence-electron chi connectivity index (χ0n) is 15.5. The van der Waals surface area contributed by atoms with E-state index in [-0.39, 0.29) is 11.6 Å². The van der Waals surface area contributed by atoms with E-state index in [0.717, 1.165) is 6.26 Å². The number of hydrogen-bond donors (Lipinski definition) is 1. The fourth-order valence-electron chi connectivity index (χ4n) is 3.29. The molecule has 0 aromatic rings. The van der Waals surface area contributed by atoms with Gasteiger partial charge < -0.3 is 19.3 Å². The summed E-state index contributed by atoms with van der Waals surface area (Å²) in [5.74, 6) is -0.221. The van der Waals surface area contributed by atoms with Crippen molar-refractivity contribution in [1.82, 2.24) is 4.90 Å². The predicted octanol–water partition coefficient (Wildman–Crippen LogP) is 2.82. The Morgan fingerprint density at radius 1 is 1.40 bits per heavy atom. The van der Waals surface area contributed by atoms with Crippen LogP contribution in [0.5, 0.6) is 0 Å². The van der Waals surface area contributed by atoms with E-state index in [9.17, 15) is 15.2 Å². The van der Waals surface area contributed by atoms with Crippen molar-refractivity contribution in [2.24, 2.45) is 0 Å². The maximum absolute atomic E-state index is 12.9. The highest BCUT2D eigenvalue weighted by Gasteiger charge is 2.60. The maximum Gasteiger partial charge on any atom is 0.411 e. The molecule has 2 heterocycles. The topological polar surface area (TPSA) is 92.0 Å². The Hall–Kier alpha value is -1.43. The average Bonchev–Trinajstić information content (AvgIpc) is 2.92. The Kier molecular flexibility index (Phi) is 5.62. The summed E-state index contributed by atoms with van der Waals surface area (Å²) in [5.41, 5.74) is -0.634. The lowest BCUT2D eigenvalue weighted by atomic mass is 10.0. The molecule has 0 bridgehead atoms. The van der Waals surface area contributed by atoms with Crippen molar-refractivity contribution in [3.8, 4) is 6.07 Å². The summed E-state index contributed by atoms with van der Waals surface area (Å²) in [6.45, 7) is 8.94. The summed E-state index contributed by atoms with van der Waals surface area (Å²) in [6, 6.07) is 0.879. The van der Waals surface area contributed by atoms with Crippen LogP contribution in [-0.4, -0.2) is 63.8 Å². The van der Waals surface area contributed by atoms with Gasteiger partial charge in [-0.25, -0.2) is 4.79 Å². The number of nitrogens with zero attached hydrogens (tertiary/aromatic N) is 2. The first kappa shape index (κ1) is 19.9. The number of likely N-dealkylation sites (tertiary alicyclic amines) is 1. The van der Waals surface area contributed by atoms with Gasteiger partial charge in [-0.2, -0.15) is 17.0 Å². The Bertz CT molecular complexity index is 593. The van der Waals surface area contributed by atoms with Gasteiger partial charge in [-0.05, 0) is 40.9 Å². The molecule has 2 aliphatic heterocycles. The Labute approximate surface area is 152 Å². The smallest absolute Gasteiger partial charge is 0.411 e. The minimum atomic E-state index is -0.819. The molecule has 0 saturated carbocycles. The highest BCUT2D eigenvalue weighted by atomic mass is 32.2. The molecule has 0 spiro atoms. The lowest BCUT2D eigenvalue weighted by Crippen LogP contribution is -2.49. The number of hydrogen-bond acceptors (Lipinski definition) is 7. The van der Waals surface area contributed by atoms with Gasteiger partial charge in [0.2, 0.25) is 0 Å². The van der Waals surface area contributed by atoms with Crippen LogP contribution in [0.2, 0.25) is 0 Å². The van der Waals surface area contributed by atoms with Crippen LogP contribution in [0.25, 0.3) is 0 Å². The molecule has 4 unspecified atom stereocenters. The van der Waals surface area contributed by atoms with Crippen molar-refractivity contribution in [2.45, 2.75) is 70.3 Å². The maximum atomic E-state index is 12.9. The summed E-state index contributed by atoms with van der Waals surface area (Å²) in [6.07, 6.45) is 1.17. The molecule has 0 aliphatic carbocycles. The second-order valence-corrected chi connectivity index (χ2v) is 8.53. The number of thioether (sulfide) groups is 1. The summed E-state index contributed by atoms with van der Waals surface area (Å²) in [5, 5.41) is 18.9. The van der Waals surface area contributed by atoms with Crippen LogP contribution in [-0.2, 0) is 14.2 Å². The molecule has 2 rings (SSSR count). The summed E-state index contributed by atoms with van der Waals surface area (Å²) < 4.78 is 17.5. The summed E-state index contributed by atoms with van der Waals surface area (Å²) in [7, 11) is 0. The van der Waals surface area contributed by atoms with Gasteiger partial charge >= 0.3 is 6.09 Å². The normalized spacial score (nSPS) is 31.6. The van der Waals surface area contributed by atoms with Gasteiger partial charge in [-0.3, -0.25) is 4.90 Å². The molecule has 1 N–H and O–H groups in total. The molecule has 8 heteroatoms. The minimum Gasteiger partial charge on any atom is -0.514 e. The van der Waals surface area contributed by atoms with E-state index in [4.69, 9.17) is 14.2 Å². The molecule has 2 fully saturated rings. The lowest BCUT2D eigenvalue weighted by molar-refractivity contribution is -0.163. The second kappa shape index (κ2) is 7.06. The van der Waals surface area contributed by atoms with E-state index in [0.29, 0.717) is 5.75 Å². The fourth-order valence-corrected chi connectivity index (χ4v) is 3.98. The molecular weight excluding hydrogens is 344 g/mol. The van der Waals surface area contributed by atoms with E-state index in [1.165, 1.54) is 4.90 Å². The quantitative estimate of drug-likeness (QED) is 0.603. The molecule has 2 saturated heterocycles. The van der Waals surface area contributed by atoms with Crippen molar-refractivity contribution in [3.63, 3.8) is 0 Å². The molecule has 0 aromatic heterocycles. The third-order valence-corrected chi connectivity index (χ3v) is 4.71. The number of aliphatic hydroxyl groups is 1. The molecule has 1 amide bonds. The number of carbonyl (C=O) groups is 1. The Balaban J connectivity index is 2.45. The highest BCUT2D eigenvalue weighted by Crippen LogP contribution is 2.43. The van der Waals surface area contributed by atoms with E-state index in [1.54, 1.807) is 46.4 Å². The van der Waals surface area contributed by atoms with Crippen LogP contribution < -0.4 is 0 Å². The second-order valence-electron chi connectivity index (χ2n) is 7.62. The first-order valence-electron chi connectivity index (χ1n) is 8.15. The van der Waals surface area contributed by atoms with Crippen molar-refractivity contribution in [3.05, 3.63) is 11.8 Å². The van der Waals surface area contributed by atoms with Crippen LogP contribution in [0.3, 0.4) is 0 Å². The van der Waals surface area contributed by atoms with Crippen molar-refractivity contribution >= 4 is 17.9 Å². The molecule has 0 aromatic carbocycles. The molecule has 2 aliphatic rings. The number of aliphatic hydroxyl groups excluding tert-OH is 1. The zero-order valence-corrected chi connectivity index (χ0v) is 16.3. The molecule has 140 valence electrons. The third kappa shape index (κ3) is 4.05. The first-order valence-corrected chi connectivity index (χ1v) is 9.54. The van der Waals surface area contributed by atoms with Crippen LogP contribution in [0.15, 0.2) is 11.8 Å². The van der Waals surface area contributed by atoms with Crippen LogP contribution >= 0.6 is 11.8 Å². The average molecular weight is 370 g/mol. The molecule has 0 radical (unpaired) electrons. The van der Waals surface area contributed by atoms with Gasteiger partial charge in [0.05, 0.1) is 17.9 Å². The molecular formula is C17H26N2O5S. The van der Waals surface area contributed by atoms with Gasteiger partial charge in [0, 0.05) is 5.75 Å². The molecule has 4 atom stereocenters. The van der Waals surface area contributed by atoms with E-state index < -0.39 is 35.7 Å². The lowest BCUT2D eigenvalue weighted by Gasteiger charge is -2.35. The number of amides is 1. The van der Waals surface area contributed by atoms with Crippen LogP contribution in [0, 0.1) is 11.3 Å². The van der Waals surface area contributed by atoms with E-state index >= 15 is 0 Å². The minimum absolute atomic E-state index is 0.0470. The van der Waals surface area contributed by atoms with Crippen LogP contribution in [0.1, 0.15) is 34.6 Å². The predicted molar refractivity (Wildman–Crippen MR) is 94.2 cm³/mol. The first-order chi connectivity index (χ1) is 11.5. The SMILES string of the molecule is CSCC1C2OC(C)(C)OC2C(C(C#N)=CO)N1C(=O)OC(C)(C)C. The summed E-state index contributed by atoms with van der Waals surface area (Å²) >= 11 is 1.57. The molecule has 25 heavy (non-hydrogen) atoms. The highest BCUT2D eigenvalue weighted by molar-refractivity contribution is 7.98. The third-order valence-electron chi connectivity index (χ3n) is 4.04.